The van der Waals surface area contributed by atoms with Crippen LogP contribution in [0.1, 0.15) is 20.3 Å². The minimum absolute atomic E-state index is 0.0325. The molecule has 0 saturated carbocycles. The van der Waals surface area contributed by atoms with Crippen molar-refractivity contribution >= 4 is 17.3 Å². The van der Waals surface area contributed by atoms with Crippen LogP contribution in [0.3, 0.4) is 0 Å². The molecule has 1 atom stereocenters. The molecule has 0 aliphatic rings. The molecule has 1 heterocycles. The average Bonchev–Trinajstić information content (AvgIpc) is 2.44. The molecule has 0 aromatic carbocycles. The smallest absolute Gasteiger partial charge is 0.276 e. The number of hydrogen-bond acceptors (Lipinski definition) is 6. The van der Waals surface area contributed by atoms with Crippen molar-refractivity contribution in [2.45, 2.75) is 26.3 Å². The van der Waals surface area contributed by atoms with Crippen LogP contribution in [0.2, 0.25) is 0 Å². The van der Waals surface area contributed by atoms with Gasteiger partial charge in [-0.1, -0.05) is 6.92 Å². The maximum Gasteiger partial charge on any atom is 0.276 e. The highest BCUT2D eigenvalue weighted by Gasteiger charge is 2.17. The number of likely N-dealkylation sites (N-methyl/N-ethyl adjacent to an activating group) is 1. The van der Waals surface area contributed by atoms with E-state index in [0.717, 1.165) is 13.0 Å². The Morgan fingerprint density at radius 3 is 2.80 bits per heavy atom. The normalized spacial score (nSPS) is 12.0. The number of nitrogens with one attached hydrogen (secondary N) is 1. The Bertz CT molecular complexity index is 453. The number of nitro groups is 1. The van der Waals surface area contributed by atoms with Crippen LogP contribution in [0.15, 0.2) is 12.1 Å². The minimum atomic E-state index is -0.406. The van der Waals surface area contributed by atoms with Crippen LogP contribution in [0, 0.1) is 10.1 Å². The zero-order valence-electron chi connectivity index (χ0n) is 12.4. The third kappa shape index (κ3) is 4.34. The summed E-state index contributed by atoms with van der Waals surface area (Å²) in [6, 6.07) is 3.01. The summed E-state index contributed by atoms with van der Waals surface area (Å²) in [4.78, 5) is 16.9. The molecule has 0 bridgehead atoms. The molecule has 1 aromatic rings. The van der Waals surface area contributed by atoms with E-state index in [1.54, 1.807) is 7.11 Å². The van der Waals surface area contributed by atoms with Crippen LogP contribution >= 0.6 is 0 Å². The van der Waals surface area contributed by atoms with Crippen LogP contribution in [0.4, 0.5) is 17.3 Å². The van der Waals surface area contributed by atoms with Crippen LogP contribution in [0.5, 0.6) is 0 Å². The molecule has 1 unspecified atom stereocenters. The Morgan fingerprint density at radius 2 is 2.25 bits per heavy atom. The van der Waals surface area contributed by atoms with Crippen molar-refractivity contribution in [3.8, 4) is 0 Å². The summed E-state index contributed by atoms with van der Waals surface area (Å²) in [6.07, 6.45) is 0.926. The fourth-order valence-corrected chi connectivity index (χ4v) is 1.71. The first-order valence-corrected chi connectivity index (χ1v) is 6.61. The number of ether oxygens (including phenoxy) is 1. The average molecular weight is 282 g/mol. The van der Waals surface area contributed by atoms with Gasteiger partial charge in [-0.15, -0.1) is 0 Å². The minimum Gasteiger partial charge on any atom is -0.383 e. The number of aromatic nitrogens is 1. The van der Waals surface area contributed by atoms with Crippen LogP contribution in [-0.4, -0.2) is 43.3 Å². The number of anilines is 2. The van der Waals surface area contributed by atoms with Crippen LogP contribution in [0.25, 0.3) is 0 Å². The van der Waals surface area contributed by atoms with Gasteiger partial charge in [0.25, 0.3) is 5.69 Å². The lowest BCUT2D eigenvalue weighted by atomic mass is 10.3. The second kappa shape index (κ2) is 7.64. The lowest BCUT2D eigenvalue weighted by molar-refractivity contribution is -0.384. The van der Waals surface area contributed by atoms with Crippen molar-refractivity contribution in [3.05, 3.63) is 22.2 Å². The summed E-state index contributed by atoms with van der Waals surface area (Å²) < 4.78 is 5.10. The molecule has 0 amide bonds. The topological polar surface area (TPSA) is 80.5 Å². The molecule has 0 saturated heterocycles. The quantitative estimate of drug-likeness (QED) is 0.582. The van der Waals surface area contributed by atoms with E-state index in [2.05, 4.69) is 10.3 Å². The van der Waals surface area contributed by atoms with Crippen molar-refractivity contribution in [1.29, 1.82) is 0 Å². The molecule has 1 rings (SSSR count). The highest BCUT2D eigenvalue weighted by atomic mass is 16.6. The van der Waals surface area contributed by atoms with Crippen LogP contribution < -0.4 is 10.2 Å². The lowest BCUT2D eigenvalue weighted by Gasteiger charge is -2.25. The van der Waals surface area contributed by atoms with E-state index in [1.165, 1.54) is 12.1 Å². The van der Waals surface area contributed by atoms with Crippen molar-refractivity contribution in [3.63, 3.8) is 0 Å². The van der Waals surface area contributed by atoms with Gasteiger partial charge in [0.2, 0.25) is 0 Å². The first-order chi connectivity index (χ1) is 9.49. The predicted molar refractivity (Wildman–Crippen MR) is 79.4 cm³/mol. The molecule has 1 aromatic heterocycles. The van der Waals surface area contributed by atoms with Gasteiger partial charge < -0.3 is 15.0 Å². The standard InChI is InChI=1S/C13H22N4O3/c1-5-6-14-12-7-11(17(18)19)8-13(15-12)16(3)10(2)9-20-4/h7-8,10H,5-6,9H2,1-4H3,(H,14,15). The maximum absolute atomic E-state index is 11.0. The molecule has 20 heavy (non-hydrogen) atoms. The van der Waals surface area contributed by atoms with Gasteiger partial charge in [0.15, 0.2) is 0 Å². The summed E-state index contributed by atoms with van der Waals surface area (Å²) in [5, 5.41) is 14.1. The van der Waals surface area contributed by atoms with Crippen molar-refractivity contribution in [2.75, 3.05) is 37.5 Å². The summed E-state index contributed by atoms with van der Waals surface area (Å²) in [5.74, 6) is 1.08. The molecule has 0 radical (unpaired) electrons. The van der Waals surface area contributed by atoms with Gasteiger partial charge in [-0.05, 0) is 13.3 Å². The molecule has 7 nitrogen and oxygen atoms in total. The highest BCUT2D eigenvalue weighted by Crippen LogP contribution is 2.23. The van der Waals surface area contributed by atoms with Crippen molar-refractivity contribution in [1.82, 2.24) is 4.98 Å². The molecular weight excluding hydrogens is 260 g/mol. The molecule has 1 N–H and O–H groups in total. The van der Waals surface area contributed by atoms with Gasteiger partial charge >= 0.3 is 0 Å². The number of rotatable bonds is 8. The summed E-state index contributed by atoms with van der Waals surface area (Å²) in [6.45, 7) is 5.25. The van der Waals surface area contributed by atoms with E-state index in [4.69, 9.17) is 4.74 Å². The first-order valence-electron chi connectivity index (χ1n) is 6.61. The Morgan fingerprint density at radius 1 is 1.55 bits per heavy atom. The molecule has 0 aliphatic heterocycles. The van der Waals surface area contributed by atoms with E-state index >= 15 is 0 Å². The lowest BCUT2D eigenvalue weighted by Crippen LogP contribution is -2.33. The first kappa shape index (κ1) is 16.2. The second-order valence-corrected chi connectivity index (χ2v) is 4.67. The number of nitrogens with zero attached hydrogens (tertiary/aromatic N) is 3. The third-order valence-corrected chi connectivity index (χ3v) is 2.99. The van der Waals surface area contributed by atoms with Gasteiger partial charge in [-0.25, -0.2) is 4.98 Å². The second-order valence-electron chi connectivity index (χ2n) is 4.67. The molecule has 0 fully saturated rings. The number of pyridine rings is 1. The Kier molecular flexibility index (Phi) is 6.17. The van der Waals surface area contributed by atoms with Crippen LogP contribution in [-0.2, 0) is 4.74 Å². The number of methoxy groups -OCH3 is 1. The third-order valence-electron chi connectivity index (χ3n) is 2.99. The largest absolute Gasteiger partial charge is 0.383 e. The van der Waals surface area contributed by atoms with E-state index in [9.17, 15) is 10.1 Å². The molecule has 0 spiro atoms. The zero-order chi connectivity index (χ0) is 15.1. The van der Waals surface area contributed by atoms with E-state index in [0.29, 0.717) is 18.2 Å². The monoisotopic (exact) mass is 282 g/mol. The highest BCUT2D eigenvalue weighted by molar-refractivity contribution is 5.56. The van der Waals surface area contributed by atoms with E-state index in [1.807, 2.05) is 25.8 Å². The molecule has 0 aliphatic carbocycles. The Hall–Kier alpha value is -1.89. The number of hydrogen-bond donors (Lipinski definition) is 1. The zero-order valence-corrected chi connectivity index (χ0v) is 12.4. The van der Waals surface area contributed by atoms with E-state index < -0.39 is 4.92 Å². The fourth-order valence-electron chi connectivity index (χ4n) is 1.71. The van der Waals surface area contributed by atoms with Crippen molar-refractivity contribution < 1.29 is 9.66 Å². The van der Waals surface area contributed by atoms with Gasteiger partial charge in [-0.2, -0.15) is 0 Å². The Balaban J connectivity index is 3.04. The summed E-state index contributed by atoms with van der Waals surface area (Å²) in [7, 11) is 3.47. The van der Waals surface area contributed by atoms with E-state index in [-0.39, 0.29) is 11.7 Å². The van der Waals surface area contributed by atoms with Gasteiger partial charge in [0.1, 0.15) is 11.6 Å². The Labute approximate surface area is 119 Å². The predicted octanol–water partition coefficient (Wildman–Crippen LogP) is 2.28. The van der Waals surface area contributed by atoms with Crippen molar-refractivity contribution in [2.24, 2.45) is 0 Å². The fraction of sp³-hybridized carbons (Fsp3) is 0.615. The molecule has 7 heteroatoms. The summed E-state index contributed by atoms with van der Waals surface area (Å²) in [5.41, 5.74) is 0.0325. The SMILES string of the molecule is CCCNc1cc([N+](=O)[O-])cc(N(C)C(C)COC)n1. The molecule has 112 valence electrons. The van der Waals surface area contributed by atoms with Gasteiger partial charge in [0, 0.05) is 20.7 Å². The van der Waals surface area contributed by atoms with Gasteiger partial charge in [-0.3, -0.25) is 10.1 Å². The molecular formula is C13H22N4O3. The maximum atomic E-state index is 11.0. The van der Waals surface area contributed by atoms with Gasteiger partial charge in [0.05, 0.1) is 29.7 Å². The summed E-state index contributed by atoms with van der Waals surface area (Å²) >= 11 is 0.